The molecule has 0 aromatic heterocycles. The molecular formula is C14H18N2O3. The van der Waals surface area contributed by atoms with E-state index in [1.807, 2.05) is 26.0 Å². The van der Waals surface area contributed by atoms with Crippen LogP contribution in [0.25, 0.3) is 0 Å². The van der Waals surface area contributed by atoms with E-state index in [1.54, 1.807) is 6.07 Å². The lowest BCUT2D eigenvalue weighted by atomic mass is 10.1. The van der Waals surface area contributed by atoms with E-state index in [-0.39, 0.29) is 6.42 Å². The summed E-state index contributed by atoms with van der Waals surface area (Å²) in [4.78, 5) is 22.7. The van der Waals surface area contributed by atoms with Crippen LogP contribution in [0.2, 0.25) is 0 Å². The molecule has 5 heteroatoms. The van der Waals surface area contributed by atoms with Crippen molar-refractivity contribution in [2.45, 2.75) is 26.3 Å². The minimum Gasteiger partial charge on any atom is -0.480 e. The molecule has 1 aromatic carbocycles. The van der Waals surface area contributed by atoms with Crippen molar-refractivity contribution in [3.63, 3.8) is 0 Å². The molecule has 1 rings (SSSR count). The van der Waals surface area contributed by atoms with Gasteiger partial charge in [-0.05, 0) is 37.5 Å². The summed E-state index contributed by atoms with van der Waals surface area (Å²) >= 11 is 0. The number of aryl methyl sites for hydroxylation is 1. The summed E-state index contributed by atoms with van der Waals surface area (Å²) in [7, 11) is 0. The smallest absolute Gasteiger partial charge is 0.326 e. The molecule has 0 fully saturated rings. The Kier molecular flexibility index (Phi) is 5.11. The maximum absolute atomic E-state index is 11.7. The van der Waals surface area contributed by atoms with E-state index in [1.165, 1.54) is 6.08 Å². The second-order valence-electron chi connectivity index (χ2n) is 4.26. The number of anilines is 1. The van der Waals surface area contributed by atoms with Gasteiger partial charge in [0.15, 0.2) is 0 Å². The lowest BCUT2D eigenvalue weighted by molar-refractivity contribution is -0.139. The molecule has 1 unspecified atom stereocenters. The summed E-state index contributed by atoms with van der Waals surface area (Å²) in [5.74, 6) is -1.09. The predicted octanol–water partition coefficient (Wildman–Crippen LogP) is 2.45. The van der Waals surface area contributed by atoms with Gasteiger partial charge >= 0.3 is 12.0 Å². The van der Waals surface area contributed by atoms with Crippen molar-refractivity contribution < 1.29 is 14.7 Å². The van der Waals surface area contributed by atoms with Crippen LogP contribution in [-0.2, 0) is 4.79 Å². The largest absolute Gasteiger partial charge is 0.480 e. The number of carboxylic acids is 1. The average molecular weight is 262 g/mol. The first-order chi connectivity index (χ1) is 8.95. The number of carbonyl (C=O) groups is 2. The van der Waals surface area contributed by atoms with Crippen LogP contribution in [0.1, 0.15) is 17.5 Å². The van der Waals surface area contributed by atoms with Gasteiger partial charge in [0.2, 0.25) is 0 Å². The van der Waals surface area contributed by atoms with Gasteiger partial charge in [0.25, 0.3) is 0 Å². The highest BCUT2D eigenvalue weighted by atomic mass is 16.4. The van der Waals surface area contributed by atoms with Gasteiger partial charge in [-0.15, -0.1) is 6.58 Å². The number of urea groups is 1. The third-order valence-corrected chi connectivity index (χ3v) is 2.86. The second-order valence-corrected chi connectivity index (χ2v) is 4.26. The topological polar surface area (TPSA) is 78.4 Å². The summed E-state index contributed by atoms with van der Waals surface area (Å²) in [6.45, 7) is 7.30. The number of nitrogens with one attached hydrogen (secondary N) is 2. The molecule has 3 N–H and O–H groups in total. The zero-order valence-electron chi connectivity index (χ0n) is 11.1. The second kappa shape index (κ2) is 6.58. The van der Waals surface area contributed by atoms with E-state index in [2.05, 4.69) is 17.2 Å². The highest BCUT2D eigenvalue weighted by Gasteiger charge is 2.18. The van der Waals surface area contributed by atoms with Crippen LogP contribution in [0.3, 0.4) is 0 Å². The molecule has 1 aromatic rings. The van der Waals surface area contributed by atoms with Crippen LogP contribution < -0.4 is 10.6 Å². The molecule has 0 aliphatic heterocycles. The number of benzene rings is 1. The monoisotopic (exact) mass is 262 g/mol. The number of amides is 2. The van der Waals surface area contributed by atoms with Crippen LogP contribution >= 0.6 is 0 Å². The fraction of sp³-hybridized carbons (Fsp3) is 0.286. The summed E-state index contributed by atoms with van der Waals surface area (Å²) in [5, 5.41) is 14.0. The molecule has 0 saturated heterocycles. The summed E-state index contributed by atoms with van der Waals surface area (Å²) < 4.78 is 0. The molecule has 5 nitrogen and oxygen atoms in total. The van der Waals surface area contributed by atoms with Gasteiger partial charge in [0.05, 0.1) is 0 Å². The summed E-state index contributed by atoms with van der Waals surface area (Å²) in [6.07, 6.45) is 1.63. The Morgan fingerprint density at radius 1 is 1.42 bits per heavy atom. The van der Waals surface area contributed by atoms with E-state index >= 15 is 0 Å². The Hall–Kier alpha value is -2.30. The quantitative estimate of drug-likeness (QED) is 0.713. The average Bonchev–Trinajstić information content (AvgIpc) is 2.34. The molecule has 102 valence electrons. The molecule has 0 radical (unpaired) electrons. The molecule has 2 amide bonds. The fourth-order valence-corrected chi connectivity index (χ4v) is 1.59. The van der Waals surface area contributed by atoms with E-state index in [0.29, 0.717) is 5.69 Å². The van der Waals surface area contributed by atoms with Crippen molar-refractivity contribution in [1.29, 1.82) is 0 Å². The summed E-state index contributed by atoms with van der Waals surface area (Å²) in [6, 6.07) is 4.03. The minimum absolute atomic E-state index is 0.176. The van der Waals surface area contributed by atoms with Gasteiger partial charge in [-0.25, -0.2) is 9.59 Å². The Bertz CT molecular complexity index is 497. The SMILES string of the molecule is C=CCC(NC(=O)Nc1cccc(C)c1C)C(=O)O. The Morgan fingerprint density at radius 3 is 2.68 bits per heavy atom. The van der Waals surface area contributed by atoms with Gasteiger partial charge in [-0.1, -0.05) is 18.2 Å². The minimum atomic E-state index is -1.09. The standard InChI is InChI=1S/C14H18N2O3/c1-4-6-12(13(17)18)16-14(19)15-11-8-5-7-9(2)10(11)3/h4-5,7-8,12H,1,6H2,2-3H3,(H,17,18)(H2,15,16,19). The van der Waals surface area contributed by atoms with E-state index in [4.69, 9.17) is 5.11 Å². The van der Waals surface area contributed by atoms with Crippen molar-refractivity contribution in [3.8, 4) is 0 Å². The van der Waals surface area contributed by atoms with E-state index in [9.17, 15) is 9.59 Å². The molecule has 0 saturated carbocycles. The van der Waals surface area contributed by atoms with Gasteiger partial charge in [0.1, 0.15) is 6.04 Å². The first-order valence-corrected chi connectivity index (χ1v) is 5.93. The fourth-order valence-electron chi connectivity index (χ4n) is 1.59. The van der Waals surface area contributed by atoms with Gasteiger partial charge < -0.3 is 15.7 Å². The molecule has 0 aliphatic carbocycles. The maximum atomic E-state index is 11.7. The molecule has 0 heterocycles. The molecular weight excluding hydrogens is 244 g/mol. The highest BCUT2D eigenvalue weighted by Crippen LogP contribution is 2.17. The number of aliphatic carboxylic acids is 1. The lowest BCUT2D eigenvalue weighted by Crippen LogP contribution is -2.42. The van der Waals surface area contributed by atoms with Gasteiger partial charge in [-0.3, -0.25) is 0 Å². The van der Waals surface area contributed by atoms with Crippen molar-refractivity contribution in [2.24, 2.45) is 0 Å². The number of carbonyl (C=O) groups excluding carboxylic acids is 1. The van der Waals surface area contributed by atoms with Crippen LogP contribution in [-0.4, -0.2) is 23.1 Å². The molecule has 0 bridgehead atoms. The Balaban J connectivity index is 2.71. The molecule has 0 spiro atoms. The first-order valence-electron chi connectivity index (χ1n) is 5.93. The molecule has 19 heavy (non-hydrogen) atoms. The van der Waals surface area contributed by atoms with Crippen molar-refractivity contribution in [1.82, 2.24) is 5.32 Å². The number of hydrogen-bond acceptors (Lipinski definition) is 2. The Labute approximate surface area is 112 Å². The third kappa shape index (κ3) is 4.13. The van der Waals surface area contributed by atoms with E-state index in [0.717, 1.165) is 11.1 Å². The van der Waals surface area contributed by atoms with Gasteiger partial charge in [-0.2, -0.15) is 0 Å². The maximum Gasteiger partial charge on any atom is 0.326 e. The lowest BCUT2D eigenvalue weighted by Gasteiger charge is -2.15. The van der Waals surface area contributed by atoms with Crippen LogP contribution in [0.5, 0.6) is 0 Å². The number of hydrogen-bond donors (Lipinski definition) is 3. The van der Waals surface area contributed by atoms with Crippen LogP contribution in [0.15, 0.2) is 30.9 Å². The van der Waals surface area contributed by atoms with Crippen LogP contribution in [0.4, 0.5) is 10.5 Å². The molecule has 1 atom stereocenters. The Morgan fingerprint density at radius 2 is 2.11 bits per heavy atom. The number of carboxylic acid groups (broad SMARTS) is 1. The number of rotatable bonds is 5. The highest BCUT2D eigenvalue weighted by molar-refractivity contribution is 5.93. The van der Waals surface area contributed by atoms with Gasteiger partial charge in [0, 0.05) is 5.69 Å². The van der Waals surface area contributed by atoms with Crippen LogP contribution in [0, 0.1) is 13.8 Å². The zero-order chi connectivity index (χ0) is 14.4. The van der Waals surface area contributed by atoms with E-state index < -0.39 is 18.0 Å². The van der Waals surface area contributed by atoms with Crippen molar-refractivity contribution >= 4 is 17.7 Å². The normalized spacial score (nSPS) is 11.5. The third-order valence-electron chi connectivity index (χ3n) is 2.86. The zero-order valence-corrected chi connectivity index (χ0v) is 11.1. The predicted molar refractivity (Wildman–Crippen MR) is 74.3 cm³/mol. The summed E-state index contributed by atoms with van der Waals surface area (Å²) in [5.41, 5.74) is 2.67. The molecule has 0 aliphatic rings. The van der Waals surface area contributed by atoms with Crippen molar-refractivity contribution in [3.05, 3.63) is 42.0 Å². The first kappa shape index (κ1) is 14.8. The van der Waals surface area contributed by atoms with Crippen molar-refractivity contribution in [2.75, 3.05) is 5.32 Å².